The first-order valence-corrected chi connectivity index (χ1v) is 10.5. The maximum atomic E-state index is 12.4. The molecule has 0 spiro atoms. The van der Waals surface area contributed by atoms with Crippen molar-refractivity contribution in [2.24, 2.45) is 5.10 Å². The van der Waals surface area contributed by atoms with Crippen molar-refractivity contribution in [3.05, 3.63) is 99.5 Å². The van der Waals surface area contributed by atoms with Gasteiger partial charge in [0.1, 0.15) is 12.4 Å². The molecule has 0 aliphatic rings. The Balaban J connectivity index is 1.66. The number of carbonyl (C=O) groups is 1. The number of nitrogens with one attached hydrogen (secondary N) is 1. The Bertz CT molecular complexity index is 1020. The van der Waals surface area contributed by atoms with Crippen molar-refractivity contribution in [2.45, 2.75) is 32.8 Å². The van der Waals surface area contributed by atoms with Crippen LogP contribution in [0.5, 0.6) is 5.75 Å². The average Bonchev–Trinajstić information content (AvgIpc) is 2.73. The maximum Gasteiger partial charge on any atom is 0.271 e. The molecule has 0 saturated heterocycles. The van der Waals surface area contributed by atoms with E-state index in [-0.39, 0.29) is 11.3 Å². The van der Waals surface area contributed by atoms with E-state index in [1.807, 2.05) is 72.8 Å². The lowest BCUT2D eigenvalue weighted by atomic mass is 9.87. The third kappa shape index (κ3) is 6.04. The first-order chi connectivity index (χ1) is 14.3. The van der Waals surface area contributed by atoms with Crippen LogP contribution in [0.3, 0.4) is 0 Å². The smallest absolute Gasteiger partial charge is 0.271 e. The molecule has 0 fully saturated rings. The molecule has 3 aromatic carbocycles. The second-order valence-corrected chi connectivity index (χ2v) is 8.90. The van der Waals surface area contributed by atoms with E-state index in [0.29, 0.717) is 17.9 Å². The number of amides is 1. The van der Waals surface area contributed by atoms with Gasteiger partial charge in [-0.2, -0.15) is 5.10 Å². The molecular formula is C25H25BrN2O2. The molecule has 0 saturated carbocycles. The number of hydrogen-bond donors (Lipinski definition) is 1. The van der Waals surface area contributed by atoms with E-state index < -0.39 is 0 Å². The van der Waals surface area contributed by atoms with Crippen molar-refractivity contribution >= 4 is 28.1 Å². The molecule has 0 atom stereocenters. The number of benzene rings is 3. The maximum absolute atomic E-state index is 12.4. The third-order valence-electron chi connectivity index (χ3n) is 4.59. The molecule has 0 aliphatic heterocycles. The van der Waals surface area contributed by atoms with Crippen molar-refractivity contribution in [3.63, 3.8) is 0 Å². The number of hydrazone groups is 1. The highest BCUT2D eigenvalue weighted by Crippen LogP contribution is 2.23. The average molecular weight is 465 g/mol. The molecular weight excluding hydrogens is 440 g/mol. The van der Waals surface area contributed by atoms with Gasteiger partial charge in [0.05, 0.1) is 6.21 Å². The summed E-state index contributed by atoms with van der Waals surface area (Å²) in [5.41, 5.74) is 6.22. The fourth-order valence-corrected chi connectivity index (χ4v) is 3.21. The summed E-state index contributed by atoms with van der Waals surface area (Å²) in [7, 11) is 0. The number of rotatable bonds is 6. The zero-order valence-corrected chi connectivity index (χ0v) is 18.9. The van der Waals surface area contributed by atoms with Gasteiger partial charge in [0.2, 0.25) is 0 Å². The Morgan fingerprint density at radius 2 is 1.73 bits per heavy atom. The van der Waals surface area contributed by atoms with E-state index in [2.05, 4.69) is 47.2 Å². The summed E-state index contributed by atoms with van der Waals surface area (Å²) < 4.78 is 6.84. The minimum atomic E-state index is -0.256. The van der Waals surface area contributed by atoms with E-state index in [9.17, 15) is 4.79 Å². The SMILES string of the molecule is CC(C)(C)c1ccc(C(=O)N/N=C/c2cc(Br)ccc2OCc2ccccc2)cc1. The summed E-state index contributed by atoms with van der Waals surface area (Å²) in [6, 6.07) is 23.2. The van der Waals surface area contributed by atoms with Gasteiger partial charge in [0.15, 0.2) is 0 Å². The number of ether oxygens (including phenoxy) is 1. The fourth-order valence-electron chi connectivity index (χ4n) is 2.83. The Morgan fingerprint density at radius 1 is 1.03 bits per heavy atom. The van der Waals surface area contributed by atoms with Crippen LogP contribution in [0.25, 0.3) is 0 Å². The highest BCUT2D eigenvalue weighted by molar-refractivity contribution is 9.10. The molecule has 3 aromatic rings. The highest BCUT2D eigenvalue weighted by Gasteiger charge is 2.14. The van der Waals surface area contributed by atoms with Crippen LogP contribution in [-0.2, 0) is 12.0 Å². The van der Waals surface area contributed by atoms with Gasteiger partial charge >= 0.3 is 0 Å². The Morgan fingerprint density at radius 3 is 2.40 bits per heavy atom. The number of nitrogens with zero attached hydrogens (tertiary/aromatic N) is 1. The predicted molar refractivity (Wildman–Crippen MR) is 125 cm³/mol. The third-order valence-corrected chi connectivity index (χ3v) is 5.09. The van der Waals surface area contributed by atoms with Crippen molar-refractivity contribution in [3.8, 4) is 5.75 Å². The molecule has 0 heterocycles. The summed E-state index contributed by atoms with van der Waals surface area (Å²) in [6.45, 7) is 6.88. The van der Waals surface area contributed by atoms with Crippen LogP contribution in [-0.4, -0.2) is 12.1 Å². The lowest BCUT2D eigenvalue weighted by Gasteiger charge is -2.18. The molecule has 0 aliphatic carbocycles. The molecule has 5 heteroatoms. The molecule has 0 radical (unpaired) electrons. The summed E-state index contributed by atoms with van der Waals surface area (Å²) >= 11 is 3.47. The van der Waals surface area contributed by atoms with Gasteiger partial charge in [0, 0.05) is 15.6 Å². The van der Waals surface area contributed by atoms with Gasteiger partial charge in [-0.25, -0.2) is 5.43 Å². The van der Waals surface area contributed by atoms with Crippen LogP contribution in [0.4, 0.5) is 0 Å². The van der Waals surface area contributed by atoms with E-state index in [4.69, 9.17) is 4.74 Å². The molecule has 154 valence electrons. The topological polar surface area (TPSA) is 50.7 Å². The van der Waals surface area contributed by atoms with Crippen molar-refractivity contribution in [2.75, 3.05) is 0 Å². The van der Waals surface area contributed by atoms with E-state index in [1.165, 1.54) is 5.56 Å². The van der Waals surface area contributed by atoms with Gasteiger partial charge < -0.3 is 4.74 Å². The van der Waals surface area contributed by atoms with Gasteiger partial charge in [-0.15, -0.1) is 0 Å². The van der Waals surface area contributed by atoms with Gasteiger partial charge in [-0.1, -0.05) is 79.2 Å². The minimum Gasteiger partial charge on any atom is -0.488 e. The lowest BCUT2D eigenvalue weighted by molar-refractivity contribution is 0.0955. The first-order valence-electron chi connectivity index (χ1n) is 9.73. The normalized spacial score (nSPS) is 11.5. The summed E-state index contributed by atoms with van der Waals surface area (Å²) in [6.07, 6.45) is 1.59. The molecule has 30 heavy (non-hydrogen) atoms. The van der Waals surface area contributed by atoms with Gasteiger partial charge in [-0.3, -0.25) is 4.79 Å². The molecule has 4 nitrogen and oxygen atoms in total. The van der Waals surface area contributed by atoms with E-state index in [0.717, 1.165) is 15.6 Å². The standard InChI is InChI=1S/C25H25BrN2O2/c1-25(2,3)21-11-9-19(10-12-21)24(29)28-27-16-20-15-22(26)13-14-23(20)30-17-18-7-5-4-6-8-18/h4-16H,17H2,1-3H3,(H,28,29)/b27-16+. The van der Waals surface area contributed by atoms with Crippen LogP contribution in [0, 0.1) is 0 Å². The number of halogens is 1. The zero-order chi connectivity index (χ0) is 21.6. The van der Waals surface area contributed by atoms with Crippen molar-refractivity contribution in [1.82, 2.24) is 5.43 Å². The van der Waals surface area contributed by atoms with Crippen molar-refractivity contribution < 1.29 is 9.53 Å². The molecule has 1 amide bonds. The van der Waals surface area contributed by atoms with E-state index >= 15 is 0 Å². The Kier molecular flexibility index (Phi) is 7.06. The monoisotopic (exact) mass is 464 g/mol. The molecule has 0 unspecified atom stereocenters. The van der Waals surface area contributed by atoms with Crippen molar-refractivity contribution in [1.29, 1.82) is 0 Å². The minimum absolute atomic E-state index is 0.0456. The van der Waals surface area contributed by atoms with Crippen LogP contribution >= 0.6 is 15.9 Å². The van der Waals surface area contributed by atoms with Gasteiger partial charge in [-0.05, 0) is 46.9 Å². The van der Waals surface area contributed by atoms with Crippen LogP contribution in [0.1, 0.15) is 47.8 Å². The second kappa shape index (κ2) is 9.72. The predicted octanol–water partition coefficient (Wildman–Crippen LogP) is 6.09. The van der Waals surface area contributed by atoms with E-state index in [1.54, 1.807) is 6.21 Å². The molecule has 0 aromatic heterocycles. The first kappa shape index (κ1) is 21.8. The summed E-state index contributed by atoms with van der Waals surface area (Å²) in [4.78, 5) is 12.4. The Labute approximate surface area is 186 Å². The fraction of sp³-hybridized carbons (Fsp3) is 0.200. The Hall–Kier alpha value is -2.92. The van der Waals surface area contributed by atoms with Crippen LogP contribution in [0.15, 0.2) is 82.4 Å². The lowest BCUT2D eigenvalue weighted by Crippen LogP contribution is -2.18. The van der Waals surface area contributed by atoms with Gasteiger partial charge in [0.25, 0.3) is 5.91 Å². The van der Waals surface area contributed by atoms with Crippen LogP contribution in [0.2, 0.25) is 0 Å². The van der Waals surface area contributed by atoms with Crippen LogP contribution < -0.4 is 10.2 Å². The summed E-state index contributed by atoms with van der Waals surface area (Å²) in [5, 5.41) is 4.12. The second-order valence-electron chi connectivity index (χ2n) is 7.98. The number of hydrogen-bond acceptors (Lipinski definition) is 3. The largest absolute Gasteiger partial charge is 0.488 e. The zero-order valence-electron chi connectivity index (χ0n) is 17.4. The highest BCUT2D eigenvalue weighted by atomic mass is 79.9. The number of carbonyl (C=O) groups excluding carboxylic acids is 1. The summed E-state index contributed by atoms with van der Waals surface area (Å²) in [5.74, 6) is 0.433. The molecule has 0 bridgehead atoms. The molecule has 1 N–H and O–H groups in total. The quantitative estimate of drug-likeness (QED) is 0.354. The molecule has 3 rings (SSSR count).